The first-order valence-electron chi connectivity index (χ1n) is 11.8. The highest BCUT2D eigenvalue weighted by atomic mass is 31.1. The van der Waals surface area contributed by atoms with Crippen LogP contribution in [0.25, 0.3) is 11.0 Å². The molecule has 4 heteroatoms. The summed E-state index contributed by atoms with van der Waals surface area (Å²) >= 11 is 0. The molecule has 1 aliphatic heterocycles. The van der Waals surface area contributed by atoms with Crippen molar-refractivity contribution in [2.75, 3.05) is 26.3 Å². The fraction of sp³-hybridized carbons (Fsp3) is 0.129. The number of halogens is 1. The summed E-state index contributed by atoms with van der Waals surface area (Å²) in [5, 5.41) is 3.53. The first-order chi connectivity index (χ1) is 17.3. The zero-order valence-electron chi connectivity index (χ0n) is 19.5. The lowest BCUT2D eigenvalue weighted by Gasteiger charge is -2.30. The lowest BCUT2D eigenvalue weighted by molar-refractivity contribution is 0.0640. The molecule has 0 aliphatic carbocycles. The molecule has 0 N–H and O–H groups in total. The van der Waals surface area contributed by atoms with Gasteiger partial charge in [0.2, 0.25) is 0 Å². The van der Waals surface area contributed by atoms with Crippen molar-refractivity contribution in [2.24, 2.45) is 0 Å². The third-order valence-electron chi connectivity index (χ3n) is 5.98. The zero-order chi connectivity index (χ0) is 23.9. The summed E-state index contributed by atoms with van der Waals surface area (Å²) in [7, 11) is -0.940. The highest BCUT2D eigenvalue weighted by molar-refractivity contribution is 7.82. The highest BCUT2D eigenvalue weighted by Gasteiger charge is 2.22. The van der Waals surface area contributed by atoms with Crippen LogP contribution < -0.4 is 10.6 Å². The van der Waals surface area contributed by atoms with E-state index in [9.17, 15) is 4.39 Å². The zero-order valence-corrected chi connectivity index (χ0v) is 20.4. The Hall–Kier alpha value is -3.48. The molecule has 0 atom stereocenters. The first-order valence-corrected chi connectivity index (χ1v) is 13.2. The van der Waals surface area contributed by atoms with E-state index in [0.29, 0.717) is 13.2 Å². The molecule has 1 fully saturated rings. The minimum atomic E-state index is -0.940. The van der Waals surface area contributed by atoms with Crippen LogP contribution in [0.1, 0.15) is 11.1 Å². The molecule has 0 bridgehead atoms. The number of hydrogen-bond donors (Lipinski definition) is 0. The molecule has 0 saturated carbocycles. The second-order valence-corrected chi connectivity index (χ2v) is 10.5. The predicted molar refractivity (Wildman–Crippen MR) is 145 cm³/mol. The van der Waals surface area contributed by atoms with E-state index in [1.807, 2.05) is 30.3 Å². The van der Waals surface area contributed by atoms with Crippen molar-refractivity contribution in [3.63, 3.8) is 0 Å². The normalized spacial score (nSPS) is 13.4. The first kappa shape index (κ1) is 23.3. The maximum Gasteiger partial charge on any atom is 0.123 e. The van der Waals surface area contributed by atoms with Crippen molar-refractivity contribution in [1.82, 2.24) is 4.90 Å². The van der Waals surface area contributed by atoms with Gasteiger partial charge in [0.25, 0.3) is 0 Å². The van der Waals surface area contributed by atoms with Crippen LogP contribution in [0.4, 0.5) is 4.39 Å². The second-order valence-electron chi connectivity index (χ2n) is 8.30. The van der Waals surface area contributed by atoms with Crippen molar-refractivity contribution in [3.8, 4) is 0 Å². The van der Waals surface area contributed by atoms with Crippen LogP contribution in [-0.4, -0.2) is 31.2 Å². The maximum atomic E-state index is 14.0. The van der Waals surface area contributed by atoms with Crippen LogP contribution in [0.2, 0.25) is 0 Å². The Bertz CT molecular complexity index is 1260. The lowest BCUT2D eigenvalue weighted by Crippen LogP contribution is -2.34. The van der Waals surface area contributed by atoms with Gasteiger partial charge in [0.05, 0.1) is 18.9 Å². The lowest BCUT2D eigenvalue weighted by atomic mass is 10.1. The summed E-state index contributed by atoms with van der Waals surface area (Å²) in [4.78, 5) is 2.35. The summed E-state index contributed by atoms with van der Waals surface area (Å²) in [6, 6.07) is 38.4. The summed E-state index contributed by atoms with van der Waals surface area (Å²) in [6.45, 7) is 3.00. The van der Waals surface area contributed by atoms with Crippen molar-refractivity contribution in [2.45, 2.75) is 0 Å². The number of benzene rings is 4. The van der Waals surface area contributed by atoms with E-state index < -0.39 is 7.92 Å². The van der Waals surface area contributed by atoms with E-state index in [1.54, 1.807) is 0 Å². The Morgan fingerprint density at radius 2 is 1.17 bits per heavy atom. The Morgan fingerprint density at radius 1 is 0.657 bits per heavy atom. The van der Waals surface area contributed by atoms with E-state index in [2.05, 4.69) is 83.4 Å². The molecule has 0 radical (unpaired) electrons. The number of ether oxygens (including phenoxy) is 1. The Balaban J connectivity index is 1.81. The summed E-state index contributed by atoms with van der Waals surface area (Å²) in [5.41, 5.74) is 7.03. The van der Waals surface area contributed by atoms with E-state index in [1.165, 1.54) is 22.7 Å². The molecule has 5 rings (SSSR count). The van der Waals surface area contributed by atoms with Crippen LogP contribution in [0.5, 0.6) is 0 Å². The van der Waals surface area contributed by atoms with Gasteiger partial charge in [0, 0.05) is 24.0 Å². The van der Waals surface area contributed by atoms with Gasteiger partial charge in [-0.15, -0.1) is 0 Å². The molecule has 174 valence electrons. The van der Waals surface area contributed by atoms with Crippen LogP contribution >= 0.6 is 7.92 Å². The molecule has 4 aromatic rings. The van der Waals surface area contributed by atoms with Crippen molar-refractivity contribution in [1.29, 1.82) is 0 Å². The number of rotatable bonds is 6. The smallest absolute Gasteiger partial charge is 0.123 e. The van der Waals surface area contributed by atoms with Crippen molar-refractivity contribution in [3.05, 3.63) is 138 Å². The van der Waals surface area contributed by atoms with Crippen molar-refractivity contribution >= 4 is 29.5 Å². The summed E-state index contributed by atoms with van der Waals surface area (Å²) in [5.74, 6) is -0.239. The van der Waals surface area contributed by atoms with E-state index >= 15 is 0 Å². The third-order valence-corrected chi connectivity index (χ3v) is 8.43. The van der Waals surface area contributed by atoms with Crippen molar-refractivity contribution < 1.29 is 9.13 Å². The molecule has 35 heavy (non-hydrogen) atoms. The molecule has 0 unspecified atom stereocenters. The van der Waals surface area contributed by atoms with Crippen LogP contribution in [0.15, 0.2) is 121 Å². The Kier molecular flexibility index (Phi) is 7.51. The minimum Gasteiger partial charge on any atom is -0.378 e. The number of hydrogen-bond acceptors (Lipinski definition) is 2. The van der Waals surface area contributed by atoms with Gasteiger partial charge in [0.1, 0.15) is 5.82 Å². The predicted octanol–water partition coefficient (Wildman–Crippen LogP) is 6.27. The Morgan fingerprint density at radius 3 is 1.71 bits per heavy atom. The van der Waals surface area contributed by atoms with Gasteiger partial charge in [-0.05, 0) is 36.2 Å². The largest absolute Gasteiger partial charge is 0.378 e. The summed E-state index contributed by atoms with van der Waals surface area (Å²) < 4.78 is 19.6. The van der Waals surface area contributed by atoms with E-state index in [4.69, 9.17) is 4.74 Å². The van der Waals surface area contributed by atoms with Gasteiger partial charge in [0.15, 0.2) is 0 Å². The number of nitrogens with zero attached hydrogens (tertiary/aromatic N) is 1. The van der Waals surface area contributed by atoms with Gasteiger partial charge in [-0.1, -0.05) is 109 Å². The molecular weight excluding hydrogens is 452 g/mol. The van der Waals surface area contributed by atoms with Gasteiger partial charge in [-0.25, -0.2) is 4.39 Å². The Labute approximate surface area is 207 Å². The third kappa shape index (κ3) is 5.61. The molecule has 1 heterocycles. The SMILES string of the molecule is Fc1ccc(C(=C=C(c2ccccc2)N2CCOCC2)P(c2ccccc2)c2ccccc2)cc1. The van der Waals surface area contributed by atoms with E-state index in [0.717, 1.165) is 35.2 Å². The van der Waals surface area contributed by atoms with Gasteiger partial charge < -0.3 is 9.64 Å². The fourth-order valence-electron chi connectivity index (χ4n) is 4.26. The monoisotopic (exact) mass is 479 g/mol. The van der Waals surface area contributed by atoms with Crippen LogP contribution in [-0.2, 0) is 4.74 Å². The second kappa shape index (κ2) is 11.3. The topological polar surface area (TPSA) is 12.5 Å². The van der Waals surface area contributed by atoms with Gasteiger partial charge in [-0.3, -0.25) is 0 Å². The fourth-order valence-corrected chi connectivity index (χ4v) is 6.64. The molecule has 4 aromatic carbocycles. The highest BCUT2D eigenvalue weighted by Crippen LogP contribution is 2.48. The van der Waals surface area contributed by atoms with E-state index in [-0.39, 0.29) is 5.82 Å². The minimum absolute atomic E-state index is 0.239. The van der Waals surface area contributed by atoms with Crippen LogP contribution in [0, 0.1) is 5.82 Å². The molecule has 1 saturated heterocycles. The molecular formula is C31H27FNOP. The molecule has 2 nitrogen and oxygen atoms in total. The molecule has 0 amide bonds. The number of morpholine rings is 1. The standard InChI is InChI=1S/C31H27FNOP/c32-27-18-16-26(17-19-27)31(35(28-12-6-2-7-13-28)29-14-8-3-9-15-29)24-30(25-10-4-1-5-11-25)33-20-22-34-23-21-33/h1-19H,20-23H2. The van der Waals surface area contributed by atoms with Gasteiger partial charge in [-0.2, -0.15) is 0 Å². The van der Waals surface area contributed by atoms with Gasteiger partial charge >= 0.3 is 0 Å². The average Bonchev–Trinajstić information content (AvgIpc) is 2.93. The quantitative estimate of drug-likeness (QED) is 0.239. The average molecular weight is 480 g/mol. The maximum absolute atomic E-state index is 14.0. The molecule has 0 aromatic heterocycles. The molecule has 0 spiro atoms. The van der Waals surface area contributed by atoms with Crippen LogP contribution in [0.3, 0.4) is 0 Å². The summed E-state index contributed by atoms with van der Waals surface area (Å²) in [6.07, 6.45) is 0. The molecule has 1 aliphatic rings.